The molecule has 1 aromatic carbocycles. The zero-order valence-corrected chi connectivity index (χ0v) is 13.9. The summed E-state index contributed by atoms with van der Waals surface area (Å²) in [6.07, 6.45) is 3.71. The van der Waals surface area contributed by atoms with Gasteiger partial charge in [0, 0.05) is 13.1 Å². The largest absolute Gasteiger partial charge is 0.467 e. The molecule has 2 heterocycles. The summed E-state index contributed by atoms with van der Waals surface area (Å²) in [7, 11) is 0. The molecule has 0 spiro atoms. The summed E-state index contributed by atoms with van der Waals surface area (Å²) < 4.78 is 5.20. The zero-order valence-electron chi connectivity index (χ0n) is 13.9. The number of carbonyl (C=O) groups excluding carboxylic acids is 1. The topological polar surface area (TPSA) is 71.5 Å². The summed E-state index contributed by atoms with van der Waals surface area (Å²) >= 11 is 0. The maximum atomic E-state index is 12.1. The van der Waals surface area contributed by atoms with Crippen molar-refractivity contribution in [1.29, 1.82) is 0 Å². The zero-order chi connectivity index (χ0) is 16.8. The first kappa shape index (κ1) is 16.7. The second-order valence-electron chi connectivity index (χ2n) is 6.42. The molecule has 5 nitrogen and oxygen atoms in total. The molecule has 128 valence electrons. The molecule has 0 atom stereocenters. The van der Waals surface area contributed by atoms with Crippen LogP contribution in [0.3, 0.4) is 0 Å². The van der Waals surface area contributed by atoms with Crippen molar-refractivity contribution >= 4 is 5.91 Å². The average Bonchev–Trinajstić information content (AvgIpc) is 3.11. The lowest BCUT2D eigenvalue weighted by atomic mass is 9.96. The minimum absolute atomic E-state index is 0.0786. The van der Waals surface area contributed by atoms with Gasteiger partial charge in [-0.2, -0.15) is 0 Å². The lowest BCUT2D eigenvalue weighted by molar-refractivity contribution is 0.0934. The fraction of sp³-hybridized carbons (Fsp3) is 0.421. The van der Waals surface area contributed by atoms with E-state index < -0.39 is 0 Å². The highest BCUT2D eigenvalue weighted by atomic mass is 16.3. The average molecular weight is 327 g/mol. The number of piperidine rings is 1. The third-order valence-corrected chi connectivity index (χ3v) is 4.62. The Kier molecular flexibility index (Phi) is 5.67. The summed E-state index contributed by atoms with van der Waals surface area (Å²) in [5, 5.41) is 3.01. The highest BCUT2D eigenvalue weighted by Gasteiger charge is 2.20. The van der Waals surface area contributed by atoms with Crippen molar-refractivity contribution in [1.82, 2.24) is 10.2 Å². The van der Waals surface area contributed by atoms with E-state index in [9.17, 15) is 4.79 Å². The first-order valence-electron chi connectivity index (χ1n) is 8.56. The predicted octanol–water partition coefficient (Wildman–Crippen LogP) is 2.38. The molecular weight excluding hydrogens is 302 g/mol. The van der Waals surface area contributed by atoms with Gasteiger partial charge in [0.2, 0.25) is 0 Å². The van der Waals surface area contributed by atoms with Crippen LogP contribution in [0.4, 0.5) is 0 Å². The van der Waals surface area contributed by atoms with Crippen molar-refractivity contribution in [2.24, 2.45) is 11.7 Å². The third-order valence-electron chi connectivity index (χ3n) is 4.62. The van der Waals surface area contributed by atoms with Gasteiger partial charge < -0.3 is 15.5 Å². The van der Waals surface area contributed by atoms with E-state index in [1.54, 1.807) is 6.07 Å². The van der Waals surface area contributed by atoms with Gasteiger partial charge in [0.25, 0.3) is 5.91 Å². The van der Waals surface area contributed by atoms with Crippen LogP contribution in [0.2, 0.25) is 0 Å². The van der Waals surface area contributed by atoms with Crippen LogP contribution in [0.5, 0.6) is 0 Å². The van der Waals surface area contributed by atoms with Crippen LogP contribution >= 0.6 is 0 Å². The molecule has 1 amide bonds. The number of carbonyl (C=O) groups is 1. The van der Waals surface area contributed by atoms with Crippen LogP contribution in [0.25, 0.3) is 0 Å². The molecule has 0 aliphatic carbocycles. The molecule has 1 aromatic heterocycles. The van der Waals surface area contributed by atoms with Gasteiger partial charge in [0.05, 0.1) is 12.1 Å². The van der Waals surface area contributed by atoms with Crippen LogP contribution in [-0.4, -0.2) is 30.4 Å². The highest BCUT2D eigenvalue weighted by Crippen LogP contribution is 2.18. The van der Waals surface area contributed by atoms with Crippen LogP contribution in [-0.2, 0) is 13.1 Å². The molecular formula is C19H25N3O2. The number of hydrogen-bond donors (Lipinski definition) is 2. The van der Waals surface area contributed by atoms with E-state index in [0.717, 1.165) is 39.0 Å². The van der Waals surface area contributed by atoms with Crippen LogP contribution in [0.15, 0.2) is 47.1 Å². The number of rotatable bonds is 6. The summed E-state index contributed by atoms with van der Waals surface area (Å²) in [4.78, 5) is 14.6. The first-order chi connectivity index (χ1) is 11.7. The molecule has 2 aromatic rings. The molecule has 3 N–H and O–H groups in total. The minimum Gasteiger partial charge on any atom is -0.467 e. The van der Waals surface area contributed by atoms with Crippen molar-refractivity contribution in [2.75, 3.05) is 19.6 Å². The van der Waals surface area contributed by atoms with Crippen molar-refractivity contribution in [3.05, 3.63) is 59.5 Å². The van der Waals surface area contributed by atoms with Crippen LogP contribution in [0, 0.1) is 5.92 Å². The SMILES string of the molecule is NCc1cc(C(=O)NCC2CCN(Cc3ccccc3)CC2)co1. The van der Waals surface area contributed by atoms with Crippen LogP contribution in [0.1, 0.15) is 34.5 Å². The lowest BCUT2D eigenvalue weighted by Gasteiger charge is -2.32. The smallest absolute Gasteiger partial charge is 0.254 e. The number of amides is 1. The fourth-order valence-electron chi connectivity index (χ4n) is 3.14. The van der Waals surface area contributed by atoms with Crippen molar-refractivity contribution in [2.45, 2.75) is 25.9 Å². The van der Waals surface area contributed by atoms with Gasteiger partial charge >= 0.3 is 0 Å². The Balaban J connectivity index is 1.40. The third kappa shape index (κ3) is 4.46. The van der Waals surface area contributed by atoms with Gasteiger partial charge in [-0.25, -0.2) is 0 Å². The highest BCUT2D eigenvalue weighted by molar-refractivity contribution is 5.93. The number of hydrogen-bond acceptors (Lipinski definition) is 4. The van der Waals surface area contributed by atoms with Gasteiger partial charge in [-0.15, -0.1) is 0 Å². The van der Waals surface area contributed by atoms with Crippen molar-refractivity contribution in [3.8, 4) is 0 Å². The molecule has 0 unspecified atom stereocenters. The maximum absolute atomic E-state index is 12.1. The summed E-state index contributed by atoms with van der Waals surface area (Å²) in [6.45, 7) is 4.21. The Bertz CT molecular complexity index is 646. The number of benzene rings is 1. The number of furan rings is 1. The van der Waals surface area contributed by atoms with Gasteiger partial charge in [-0.05, 0) is 43.5 Å². The minimum atomic E-state index is -0.0786. The summed E-state index contributed by atoms with van der Waals surface area (Å²) in [6, 6.07) is 12.3. The Morgan fingerprint density at radius 3 is 2.67 bits per heavy atom. The molecule has 3 rings (SSSR count). The Morgan fingerprint density at radius 1 is 1.25 bits per heavy atom. The molecule has 0 saturated carbocycles. The molecule has 0 bridgehead atoms. The molecule has 1 fully saturated rings. The van der Waals surface area contributed by atoms with Crippen LogP contribution < -0.4 is 11.1 Å². The molecule has 1 saturated heterocycles. The first-order valence-corrected chi connectivity index (χ1v) is 8.56. The number of likely N-dealkylation sites (tertiary alicyclic amines) is 1. The second-order valence-corrected chi connectivity index (χ2v) is 6.42. The number of nitrogens with two attached hydrogens (primary N) is 1. The van der Waals surface area contributed by atoms with E-state index in [4.69, 9.17) is 10.2 Å². The van der Waals surface area contributed by atoms with E-state index in [1.807, 2.05) is 0 Å². The van der Waals surface area contributed by atoms with Gasteiger partial charge in [0.15, 0.2) is 0 Å². The van der Waals surface area contributed by atoms with E-state index in [-0.39, 0.29) is 5.91 Å². The Morgan fingerprint density at radius 2 is 2.00 bits per heavy atom. The van der Waals surface area contributed by atoms with Gasteiger partial charge in [0.1, 0.15) is 12.0 Å². The predicted molar refractivity (Wildman–Crippen MR) is 93.4 cm³/mol. The summed E-state index contributed by atoms with van der Waals surface area (Å²) in [5.41, 5.74) is 7.41. The molecule has 0 radical (unpaired) electrons. The Hall–Kier alpha value is -2.11. The Labute approximate surface area is 142 Å². The summed E-state index contributed by atoms with van der Waals surface area (Å²) in [5.74, 6) is 1.10. The van der Waals surface area contributed by atoms with Gasteiger partial charge in [-0.3, -0.25) is 9.69 Å². The monoisotopic (exact) mass is 327 g/mol. The lowest BCUT2D eigenvalue weighted by Crippen LogP contribution is -2.38. The molecule has 1 aliphatic rings. The number of nitrogens with zero attached hydrogens (tertiary/aromatic N) is 1. The fourth-order valence-corrected chi connectivity index (χ4v) is 3.14. The quantitative estimate of drug-likeness (QED) is 0.854. The molecule has 1 aliphatic heterocycles. The molecule has 5 heteroatoms. The second kappa shape index (κ2) is 8.13. The molecule has 24 heavy (non-hydrogen) atoms. The standard InChI is InChI=1S/C19H25N3O2/c20-11-18-10-17(14-24-18)19(23)21-12-15-6-8-22(9-7-15)13-16-4-2-1-3-5-16/h1-5,10,14-15H,6-9,11-13,20H2,(H,21,23). The number of nitrogens with one attached hydrogen (secondary N) is 1. The van der Waals surface area contributed by atoms with Gasteiger partial charge in [-0.1, -0.05) is 30.3 Å². The van der Waals surface area contributed by atoms with Crippen molar-refractivity contribution < 1.29 is 9.21 Å². The normalized spacial score (nSPS) is 16.2. The van der Waals surface area contributed by atoms with E-state index in [2.05, 4.69) is 40.5 Å². The van der Waals surface area contributed by atoms with Crippen molar-refractivity contribution in [3.63, 3.8) is 0 Å². The van der Waals surface area contributed by atoms with E-state index in [0.29, 0.717) is 23.8 Å². The van der Waals surface area contributed by atoms with E-state index >= 15 is 0 Å². The maximum Gasteiger partial charge on any atom is 0.254 e. The van der Waals surface area contributed by atoms with E-state index in [1.165, 1.54) is 11.8 Å².